The van der Waals surface area contributed by atoms with E-state index in [1.165, 1.54) is 0 Å². The molecule has 13 heavy (non-hydrogen) atoms. The van der Waals surface area contributed by atoms with E-state index in [4.69, 9.17) is 14.8 Å². The summed E-state index contributed by atoms with van der Waals surface area (Å²) < 4.78 is 28.9. The summed E-state index contributed by atoms with van der Waals surface area (Å²) in [7, 11) is -4.24. The number of hydrogen-bond donors (Lipinski definition) is 4. The fourth-order valence-electron chi connectivity index (χ4n) is 0.735. The lowest BCUT2D eigenvalue weighted by Gasteiger charge is -2.17. The summed E-state index contributed by atoms with van der Waals surface area (Å²) >= 11 is 0. The van der Waals surface area contributed by atoms with Gasteiger partial charge in [-0.05, 0) is 13.0 Å². The van der Waals surface area contributed by atoms with Crippen LogP contribution in [-0.4, -0.2) is 47.8 Å². The molecule has 0 saturated carbocycles. The van der Waals surface area contributed by atoms with Crippen LogP contribution in [0, 0.1) is 0 Å². The molecule has 7 heteroatoms. The smallest absolute Gasteiger partial charge is 0.267 e. The van der Waals surface area contributed by atoms with Gasteiger partial charge in [0.25, 0.3) is 10.1 Å². The zero-order chi connectivity index (χ0) is 10.5. The monoisotopic (exact) mass is 213 g/mol. The van der Waals surface area contributed by atoms with Crippen molar-refractivity contribution < 1.29 is 23.2 Å². The molecule has 2 unspecified atom stereocenters. The van der Waals surface area contributed by atoms with Crippen molar-refractivity contribution in [2.45, 2.75) is 25.7 Å². The zero-order valence-corrected chi connectivity index (χ0v) is 8.16. The van der Waals surface area contributed by atoms with Crippen molar-refractivity contribution in [2.75, 3.05) is 12.3 Å². The maximum Gasteiger partial charge on any atom is 0.267 e. The fraction of sp³-hybridized carbons (Fsp3) is 1.00. The number of rotatable bonds is 6. The minimum atomic E-state index is -4.24. The molecule has 0 aliphatic carbocycles. The van der Waals surface area contributed by atoms with Crippen molar-refractivity contribution in [3.63, 3.8) is 0 Å². The zero-order valence-electron chi connectivity index (χ0n) is 7.34. The molecular formula is C6H15NO5S. The summed E-state index contributed by atoms with van der Waals surface area (Å²) in [6, 6.07) is 0. The Balaban J connectivity index is 3.89. The van der Waals surface area contributed by atoms with E-state index in [0.717, 1.165) is 6.42 Å². The molecule has 0 saturated heterocycles. The SMILES string of the molecule is CCCNC(O)C(O)CS(=O)(=O)O. The van der Waals surface area contributed by atoms with Crippen LogP contribution < -0.4 is 5.32 Å². The van der Waals surface area contributed by atoms with Gasteiger partial charge in [0.05, 0.1) is 0 Å². The van der Waals surface area contributed by atoms with Crippen LogP contribution >= 0.6 is 0 Å². The maximum atomic E-state index is 10.3. The lowest BCUT2D eigenvalue weighted by molar-refractivity contribution is 0.0107. The highest BCUT2D eigenvalue weighted by Gasteiger charge is 2.21. The van der Waals surface area contributed by atoms with Gasteiger partial charge in [-0.2, -0.15) is 8.42 Å². The van der Waals surface area contributed by atoms with Crippen LogP contribution in [0.2, 0.25) is 0 Å². The topological polar surface area (TPSA) is 107 Å². The normalized spacial score (nSPS) is 16.9. The van der Waals surface area contributed by atoms with Gasteiger partial charge in [0.2, 0.25) is 0 Å². The summed E-state index contributed by atoms with van der Waals surface area (Å²) in [5.74, 6) is -0.870. The molecule has 0 aliphatic rings. The molecule has 80 valence electrons. The van der Waals surface area contributed by atoms with Crippen molar-refractivity contribution in [3.8, 4) is 0 Å². The minimum absolute atomic E-state index is 0.462. The number of hydrogen-bond acceptors (Lipinski definition) is 5. The molecule has 2 atom stereocenters. The van der Waals surface area contributed by atoms with Gasteiger partial charge in [-0.1, -0.05) is 6.92 Å². The molecule has 0 aromatic rings. The van der Waals surface area contributed by atoms with E-state index in [-0.39, 0.29) is 0 Å². The summed E-state index contributed by atoms with van der Waals surface area (Å²) in [5.41, 5.74) is 0. The Labute approximate surface area is 77.3 Å². The minimum Gasteiger partial charge on any atom is -0.388 e. The molecular weight excluding hydrogens is 198 g/mol. The van der Waals surface area contributed by atoms with E-state index in [2.05, 4.69) is 5.32 Å². The molecule has 6 nitrogen and oxygen atoms in total. The number of nitrogens with one attached hydrogen (secondary N) is 1. The third kappa shape index (κ3) is 6.91. The molecule has 0 amide bonds. The quantitative estimate of drug-likeness (QED) is 0.318. The van der Waals surface area contributed by atoms with E-state index < -0.39 is 28.2 Å². The molecule has 0 aromatic carbocycles. The second-order valence-electron chi connectivity index (χ2n) is 2.71. The second-order valence-corrected chi connectivity index (χ2v) is 4.21. The molecule has 0 fully saturated rings. The molecule has 0 aromatic heterocycles. The fourth-order valence-corrected chi connectivity index (χ4v) is 1.35. The van der Waals surface area contributed by atoms with E-state index >= 15 is 0 Å². The van der Waals surface area contributed by atoms with Crippen molar-refractivity contribution in [1.29, 1.82) is 0 Å². The predicted molar refractivity (Wildman–Crippen MR) is 46.7 cm³/mol. The van der Waals surface area contributed by atoms with Crippen LogP contribution in [0.1, 0.15) is 13.3 Å². The standard InChI is InChI=1S/C6H15NO5S/c1-2-3-7-6(9)5(8)4-13(10,11)12/h5-9H,2-4H2,1H3,(H,10,11,12). The van der Waals surface area contributed by atoms with Crippen LogP contribution in [0.15, 0.2) is 0 Å². The van der Waals surface area contributed by atoms with Gasteiger partial charge in [0, 0.05) is 0 Å². The van der Waals surface area contributed by atoms with E-state index in [1.54, 1.807) is 0 Å². The average Bonchev–Trinajstić information content (AvgIpc) is 1.96. The van der Waals surface area contributed by atoms with Crippen LogP contribution in [0.3, 0.4) is 0 Å². The molecule has 0 radical (unpaired) electrons. The predicted octanol–water partition coefficient (Wildman–Crippen LogP) is -1.45. The highest BCUT2D eigenvalue weighted by Crippen LogP contribution is 1.95. The largest absolute Gasteiger partial charge is 0.388 e. The summed E-state index contributed by atoms with van der Waals surface area (Å²) in [5, 5.41) is 20.6. The summed E-state index contributed by atoms with van der Waals surface area (Å²) in [6.07, 6.45) is -2.10. The molecule has 0 spiro atoms. The number of aliphatic hydroxyl groups is 2. The molecule has 0 rings (SSSR count). The van der Waals surface area contributed by atoms with Gasteiger partial charge in [0.15, 0.2) is 0 Å². The third-order valence-electron chi connectivity index (χ3n) is 1.35. The first-order valence-corrected chi connectivity index (χ1v) is 5.52. The summed E-state index contributed by atoms with van der Waals surface area (Å²) in [4.78, 5) is 0. The first kappa shape index (κ1) is 12.8. The highest BCUT2D eigenvalue weighted by molar-refractivity contribution is 7.85. The lowest BCUT2D eigenvalue weighted by atomic mass is 10.3. The van der Waals surface area contributed by atoms with Gasteiger partial charge in [-0.25, -0.2) is 0 Å². The summed E-state index contributed by atoms with van der Waals surface area (Å²) in [6.45, 7) is 2.32. The Morgan fingerprint density at radius 1 is 1.38 bits per heavy atom. The third-order valence-corrected chi connectivity index (χ3v) is 2.11. The van der Waals surface area contributed by atoms with E-state index in [1.807, 2.05) is 6.92 Å². The molecule has 0 heterocycles. The number of aliphatic hydroxyl groups excluding tert-OH is 2. The Kier molecular flexibility index (Phi) is 5.42. The first-order chi connectivity index (χ1) is 5.87. The van der Waals surface area contributed by atoms with Crippen LogP contribution in [-0.2, 0) is 10.1 Å². The first-order valence-electron chi connectivity index (χ1n) is 3.91. The lowest BCUT2D eigenvalue weighted by Crippen LogP contribution is -2.43. The highest BCUT2D eigenvalue weighted by atomic mass is 32.2. The molecule has 0 bridgehead atoms. The molecule has 4 N–H and O–H groups in total. The van der Waals surface area contributed by atoms with Gasteiger partial charge >= 0.3 is 0 Å². The van der Waals surface area contributed by atoms with Crippen molar-refractivity contribution in [1.82, 2.24) is 5.32 Å². The van der Waals surface area contributed by atoms with E-state index in [0.29, 0.717) is 6.54 Å². The van der Waals surface area contributed by atoms with Crippen molar-refractivity contribution in [3.05, 3.63) is 0 Å². The van der Waals surface area contributed by atoms with Gasteiger partial charge < -0.3 is 10.2 Å². The maximum absolute atomic E-state index is 10.3. The van der Waals surface area contributed by atoms with Crippen LogP contribution in [0.25, 0.3) is 0 Å². The van der Waals surface area contributed by atoms with Gasteiger partial charge in [-0.3, -0.25) is 9.87 Å². The van der Waals surface area contributed by atoms with Crippen molar-refractivity contribution in [2.24, 2.45) is 0 Å². The average molecular weight is 213 g/mol. The Bertz CT molecular complexity index is 227. The van der Waals surface area contributed by atoms with Crippen molar-refractivity contribution >= 4 is 10.1 Å². The van der Waals surface area contributed by atoms with Gasteiger partial charge in [-0.15, -0.1) is 0 Å². The molecule has 0 aliphatic heterocycles. The second kappa shape index (κ2) is 5.51. The van der Waals surface area contributed by atoms with Crippen LogP contribution in [0.5, 0.6) is 0 Å². The van der Waals surface area contributed by atoms with Gasteiger partial charge in [0.1, 0.15) is 18.1 Å². The Hall–Kier alpha value is -0.210. The van der Waals surface area contributed by atoms with E-state index in [9.17, 15) is 8.42 Å². The van der Waals surface area contributed by atoms with Crippen LogP contribution in [0.4, 0.5) is 0 Å². The Morgan fingerprint density at radius 2 is 1.92 bits per heavy atom. The Morgan fingerprint density at radius 3 is 2.31 bits per heavy atom.